The summed E-state index contributed by atoms with van der Waals surface area (Å²) < 4.78 is 13.3. The second-order valence-electron chi connectivity index (χ2n) is 8.25. The van der Waals surface area contributed by atoms with Gasteiger partial charge in [0.15, 0.2) is 0 Å². The second kappa shape index (κ2) is 9.45. The van der Waals surface area contributed by atoms with E-state index in [1.54, 1.807) is 24.4 Å². The molecule has 1 unspecified atom stereocenters. The van der Waals surface area contributed by atoms with E-state index in [0.29, 0.717) is 18.4 Å². The molecule has 1 aromatic heterocycles. The average Bonchev–Trinajstić information content (AvgIpc) is 2.69. The number of rotatable bonds is 7. The summed E-state index contributed by atoms with van der Waals surface area (Å²) in [4.78, 5) is 8.49. The number of halogens is 1. The van der Waals surface area contributed by atoms with Crippen LogP contribution in [-0.4, -0.2) is 59.7 Å². The van der Waals surface area contributed by atoms with E-state index in [9.17, 15) is 14.8 Å². The van der Waals surface area contributed by atoms with Gasteiger partial charge in [0.05, 0.1) is 23.4 Å². The van der Waals surface area contributed by atoms with Crippen molar-refractivity contribution in [2.75, 3.05) is 33.7 Å². The van der Waals surface area contributed by atoms with E-state index in [1.165, 1.54) is 6.20 Å². The molecule has 0 aliphatic carbocycles. The first kappa shape index (κ1) is 21.4. The van der Waals surface area contributed by atoms with Gasteiger partial charge in [0, 0.05) is 25.3 Å². The van der Waals surface area contributed by atoms with Crippen molar-refractivity contribution in [1.82, 2.24) is 14.8 Å². The van der Waals surface area contributed by atoms with Crippen LogP contribution in [0.2, 0.25) is 0 Å². The Morgan fingerprint density at radius 3 is 2.90 bits per heavy atom. The van der Waals surface area contributed by atoms with E-state index in [1.807, 2.05) is 26.2 Å². The molecule has 3 rings (SSSR count). The maximum atomic E-state index is 13.3. The number of benzene rings is 1. The molecule has 0 spiro atoms. The quantitative estimate of drug-likeness (QED) is 0.780. The van der Waals surface area contributed by atoms with E-state index in [0.717, 1.165) is 43.6 Å². The van der Waals surface area contributed by atoms with Gasteiger partial charge in [-0.05, 0) is 75.6 Å². The van der Waals surface area contributed by atoms with Gasteiger partial charge < -0.3 is 10.0 Å². The van der Waals surface area contributed by atoms with Crippen LogP contribution >= 0.6 is 0 Å². The first-order valence-corrected chi connectivity index (χ1v) is 10.1. The number of likely N-dealkylation sites (N-methyl/N-ethyl adjacent to an activating group) is 1. The molecule has 1 saturated heterocycles. The standard InChI is InChI=1S/C23H29FN4O/c1-27(2)17-22-13-23(29,20-7-3-5-18(11-20)14-25)8-10-28(22)9-4-6-19-12-21(24)16-26-15-19/h3,5,7,11-12,15-16,22,29H,4,6,8-10,13,17H2,1-2H3/t22-,23?/m1/s1. The Balaban J connectivity index is 1.67. The molecular formula is C23H29FN4O. The molecule has 5 nitrogen and oxygen atoms in total. The van der Waals surface area contributed by atoms with Crippen LogP contribution in [0.1, 0.15) is 36.0 Å². The molecule has 6 heteroatoms. The summed E-state index contributed by atoms with van der Waals surface area (Å²) in [6.07, 6.45) is 5.90. The van der Waals surface area contributed by atoms with Gasteiger partial charge in [0.2, 0.25) is 0 Å². The molecule has 1 fully saturated rings. The van der Waals surface area contributed by atoms with Crippen molar-refractivity contribution in [2.24, 2.45) is 0 Å². The molecule has 1 aliphatic heterocycles. The minimum Gasteiger partial charge on any atom is -0.385 e. The number of aryl methyl sites for hydroxylation is 1. The normalized spacial score (nSPS) is 22.6. The molecule has 1 aliphatic rings. The lowest BCUT2D eigenvalue weighted by Gasteiger charge is -2.45. The fourth-order valence-corrected chi connectivity index (χ4v) is 4.25. The predicted octanol–water partition coefficient (Wildman–Crippen LogP) is 2.94. The zero-order valence-electron chi connectivity index (χ0n) is 17.2. The second-order valence-corrected chi connectivity index (χ2v) is 8.25. The zero-order chi connectivity index (χ0) is 20.9. The highest BCUT2D eigenvalue weighted by atomic mass is 19.1. The topological polar surface area (TPSA) is 63.4 Å². The molecule has 0 amide bonds. The molecule has 0 bridgehead atoms. The lowest BCUT2D eigenvalue weighted by atomic mass is 9.80. The number of aliphatic hydroxyl groups is 1. The third kappa shape index (κ3) is 5.60. The van der Waals surface area contributed by atoms with Gasteiger partial charge >= 0.3 is 0 Å². The van der Waals surface area contributed by atoms with Crippen molar-refractivity contribution in [3.63, 3.8) is 0 Å². The van der Waals surface area contributed by atoms with Crippen LogP contribution < -0.4 is 0 Å². The number of pyridine rings is 1. The Hall–Kier alpha value is -2.33. The van der Waals surface area contributed by atoms with E-state index in [4.69, 9.17) is 0 Å². The maximum absolute atomic E-state index is 13.3. The van der Waals surface area contributed by atoms with Crippen LogP contribution in [-0.2, 0) is 12.0 Å². The molecule has 154 valence electrons. The Morgan fingerprint density at radius 2 is 2.17 bits per heavy atom. The van der Waals surface area contributed by atoms with Crippen LogP contribution in [0.4, 0.5) is 4.39 Å². The van der Waals surface area contributed by atoms with Crippen LogP contribution in [0.3, 0.4) is 0 Å². The predicted molar refractivity (Wildman–Crippen MR) is 111 cm³/mol. The number of hydrogen-bond acceptors (Lipinski definition) is 5. The fraction of sp³-hybridized carbons (Fsp3) is 0.478. The molecule has 1 N–H and O–H groups in total. The fourth-order valence-electron chi connectivity index (χ4n) is 4.25. The molecule has 2 heterocycles. The SMILES string of the molecule is CN(C)C[C@H]1CC(O)(c2cccc(C#N)c2)CCN1CCCc1cncc(F)c1. The Bertz CT molecular complexity index is 866. The summed E-state index contributed by atoms with van der Waals surface area (Å²) in [5.41, 5.74) is 1.39. The van der Waals surface area contributed by atoms with Gasteiger partial charge in [-0.1, -0.05) is 12.1 Å². The minimum atomic E-state index is -0.920. The molecule has 0 radical (unpaired) electrons. The van der Waals surface area contributed by atoms with Crippen molar-refractivity contribution in [2.45, 2.75) is 37.3 Å². The number of hydrogen-bond donors (Lipinski definition) is 1. The van der Waals surface area contributed by atoms with Crippen molar-refractivity contribution in [3.8, 4) is 6.07 Å². The number of likely N-dealkylation sites (tertiary alicyclic amines) is 1. The third-order valence-corrected chi connectivity index (χ3v) is 5.68. The third-order valence-electron chi connectivity index (χ3n) is 5.68. The summed E-state index contributed by atoms with van der Waals surface area (Å²) in [7, 11) is 4.08. The number of piperidine rings is 1. The van der Waals surface area contributed by atoms with Gasteiger partial charge in [-0.3, -0.25) is 9.88 Å². The van der Waals surface area contributed by atoms with Gasteiger partial charge in [-0.2, -0.15) is 5.26 Å². The van der Waals surface area contributed by atoms with Crippen molar-refractivity contribution < 1.29 is 9.50 Å². The summed E-state index contributed by atoms with van der Waals surface area (Å²) in [6.45, 7) is 2.53. The smallest absolute Gasteiger partial charge is 0.141 e. The maximum Gasteiger partial charge on any atom is 0.141 e. The Labute approximate surface area is 172 Å². The van der Waals surface area contributed by atoms with Crippen LogP contribution in [0.25, 0.3) is 0 Å². The largest absolute Gasteiger partial charge is 0.385 e. The van der Waals surface area contributed by atoms with E-state index in [-0.39, 0.29) is 11.9 Å². The van der Waals surface area contributed by atoms with E-state index >= 15 is 0 Å². The highest BCUT2D eigenvalue weighted by molar-refractivity contribution is 5.36. The van der Waals surface area contributed by atoms with Crippen molar-refractivity contribution >= 4 is 0 Å². The highest BCUT2D eigenvalue weighted by Crippen LogP contribution is 2.36. The van der Waals surface area contributed by atoms with Gasteiger partial charge in [-0.25, -0.2) is 4.39 Å². The molecular weight excluding hydrogens is 367 g/mol. The average molecular weight is 397 g/mol. The van der Waals surface area contributed by atoms with Crippen LogP contribution in [0.15, 0.2) is 42.7 Å². The number of nitriles is 1. The summed E-state index contributed by atoms with van der Waals surface area (Å²) in [5.74, 6) is -0.296. The van der Waals surface area contributed by atoms with Gasteiger partial charge in [0.25, 0.3) is 0 Å². The monoisotopic (exact) mass is 396 g/mol. The Morgan fingerprint density at radius 1 is 1.34 bits per heavy atom. The van der Waals surface area contributed by atoms with E-state index < -0.39 is 5.60 Å². The zero-order valence-corrected chi connectivity index (χ0v) is 17.2. The van der Waals surface area contributed by atoms with Crippen molar-refractivity contribution in [3.05, 3.63) is 65.2 Å². The summed E-state index contributed by atoms with van der Waals surface area (Å²) >= 11 is 0. The van der Waals surface area contributed by atoms with Crippen molar-refractivity contribution in [1.29, 1.82) is 5.26 Å². The minimum absolute atomic E-state index is 0.208. The highest BCUT2D eigenvalue weighted by Gasteiger charge is 2.39. The van der Waals surface area contributed by atoms with Gasteiger partial charge in [0.1, 0.15) is 5.82 Å². The summed E-state index contributed by atoms with van der Waals surface area (Å²) in [5, 5.41) is 20.6. The molecule has 0 saturated carbocycles. The first-order chi connectivity index (χ1) is 13.9. The van der Waals surface area contributed by atoms with Crippen LogP contribution in [0, 0.1) is 17.1 Å². The summed E-state index contributed by atoms with van der Waals surface area (Å²) in [6, 6.07) is 11.2. The lowest BCUT2D eigenvalue weighted by Crippen LogP contribution is -2.52. The Kier molecular flexibility index (Phi) is 6.96. The molecule has 2 atom stereocenters. The first-order valence-electron chi connectivity index (χ1n) is 10.1. The molecule has 1 aromatic carbocycles. The lowest BCUT2D eigenvalue weighted by molar-refractivity contribution is -0.0564. The molecule has 29 heavy (non-hydrogen) atoms. The number of nitrogens with zero attached hydrogens (tertiary/aromatic N) is 4. The number of aromatic nitrogens is 1. The van der Waals surface area contributed by atoms with E-state index in [2.05, 4.69) is 20.9 Å². The van der Waals surface area contributed by atoms with Gasteiger partial charge in [-0.15, -0.1) is 0 Å². The molecule has 2 aromatic rings. The van der Waals surface area contributed by atoms with Crippen LogP contribution in [0.5, 0.6) is 0 Å².